The van der Waals surface area contributed by atoms with E-state index in [0.29, 0.717) is 22.9 Å². The number of nitrogen functional groups attached to an aromatic ring is 1. The monoisotopic (exact) mass is 439 g/mol. The fraction of sp³-hybridized carbons (Fsp3) is 0.0455. The Morgan fingerprint density at radius 2 is 1.59 bits per heavy atom. The maximum atomic E-state index is 12.8. The number of nitrogens with zero attached hydrogens (tertiary/aromatic N) is 3. The number of phenolic OH excluding ortho intramolecular Hbond substituents is 1. The van der Waals surface area contributed by atoms with Crippen molar-refractivity contribution in [2.45, 2.75) is 6.18 Å². The number of pyridine rings is 1. The normalized spacial score (nSPS) is 11.2. The molecule has 0 bridgehead atoms. The van der Waals surface area contributed by atoms with Crippen LogP contribution < -0.4 is 15.8 Å². The third kappa shape index (κ3) is 5.04. The molecule has 4 N–H and O–H groups in total. The van der Waals surface area contributed by atoms with Crippen LogP contribution in [0.15, 0.2) is 72.9 Å². The molecular formula is C22H16F3N5O2. The van der Waals surface area contributed by atoms with E-state index in [4.69, 9.17) is 10.5 Å². The smallest absolute Gasteiger partial charge is 0.433 e. The molecular weight excluding hydrogens is 423 g/mol. The minimum absolute atomic E-state index is 0.0233. The van der Waals surface area contributed by atoms with Crippen LogP contribution in [0.1, 0.15) is 5.69 Å². The molecule has 0 saturated heterocycles. The summed E-state index contributed by atoms with van der Waals surface area (Å²) >= 11 is 0. The van der Waals surface area contributed by atoms with Crippen molar-refractivity contribution >= 4 is 17.5 Å². The second-order valence-electron chi connectivity index (χ2n) is 6.67. The van der Waals surface area contributed by atoms with Crippen LogP contribution in [-0.2, 0) is 6.18 Å². The predicted molar refractivity (Wildman–Crippen MR) is 113 cm³/mol. The number of aromatic nitrogens is 3. The highest BCUT2D eigenvalue weighted by molar-refractivity contribution is 5.67. The van der Waals surface area contributed by atoms with Crippen LogP contribution in [0.25, 0.3) is 11.3 Å². The van der Waals surface area contributed by atoms with Gasteiger partial charge in [-0.05, 0) is 54.6 Å². The molecule has 162 valence electrons. The van der Waals surface area contributed by atoms with Gasteiger partial charge < -0.3 is 20.9 Å². The summed E-state index contributed by atoms with van der Waals surface area (Å²) in [7, 11) is 0. The van der Waals surface area contributed by atoms with Crippen molar-refractivity contribution in [3.05, 3.63) is 78.6 Å². The molecule has 0 spiro atoms. The molecule has 0 aliphatic rings. The van der Waals surface area contributed by atoms with Gasteiger partial charge in [0.05, 0.1) is 5.69 Å². The Bertz CT molecular complexity index is 1230. The quantitative estimate of drug-likeness (QED) is 0.383. The summed E-state index contributed by atoms with van der Waals surface area (Å²) in [6.45, 7) is 0. The number of hydrogen-bond donors (Lipinski definition) is 3. The Hall–Kier alpha value is -4.34. The van der Waals surface area contributed by atoms with E-state index in [0.717, 1.165) is 17.8 Å². The molecule has 0 amide bonds. The van der Waals surface area contributed by atoms with Gasteiger partial charge in [0.1, 0.15) is 28.8 Å². The van der Waals surface area contributed by atoms with Gasteiger partial charge >= 0.3 is 6.18 Å². The van der Waals surface area contributed by atoms with Crippen molar-refractivity contribution in [2.75, 3.05) is 11.1 Å². The summed E-state index contributed by atoms with van der Waals surface area (Å²) in [4.78, 5) is 11.7. The lowest BCUT2D eigenvalue weighted by atomic mass is 10.1. The molecule has 0 radical (unpaired) electrons. The number of rotatable bonds is 5. The highest BCUT2D eigenvalue weighted by Crippen LogP contribution is 2.31. The second-order valence-corrected chi connectivity index (χ2v) is 6.67. The zero-order valence-corrected chi connectivity index (χ0v) is 16.3. The van der Waals surface area contributed by atoms with Gasteiger partial charge in [-0.3, -0.25) is 4.98 Å². The number of phenols is 1. The Balaban J connectivity index is 1.49. The van der Waals surface area contributed by atoms with Crippen LogP contribution in [0, 0.1) is 0 Å². The van der Waals surface area contributed by atoms with Crippen molar-refractivity contribution in [3.8, 4) is 28.5 Å². The van der Waals surface area contributed by atoms with E-state index in [1.54, 1.807) is 54.6 Å². The van der Waals surface area contributed by atoms with Crippen LogP contribution >= 0.6 is 0 Å². The lowest BCUT2D eigenvalue weighted by Gasteiger charge is -2.11. The lowest BCUT2D eigenvalue weighted by Crippen LogP contribution is -2.07. The zero-order valence-electron chi connectivity index (χ0n) is 16.3. The van der Waals surface area contributed by atoms with Crippen LogP contribution in [0.4, 0.5) is 30.6 Å². The van der Waals surface area contributed by atoms with Crippen molar-refractivity contribution < 1.29 is 23.0 Å². The fourth-order valence-corrected chi connectivity index (χ4v) is 2.83. The first-order valence-electron chi connectivity index (χ1n) is 9.28. The number of nitrogens with two attached hydrogens (primary N) is 1. The van der Waals surface area contributed by atoms with Crippen LogP contribution in [0.3, 0.4) is 0 Å². The number of nitrogens with one attached hydrogen (secondary N) is 1. The maximum Gasteiger partial charge on any atom is 0.433 e. The van der Waals surface area contributed by atoms with Crippen LogP contribution in [0.5, 0.6) is 17.2 Å². The summed E-state index contributed by atoms with van der Waals surface area (Å²) in [6.07, 6.45) is -3.51. The molecule has 0 aliphatic heterocycles. The number of hydrogen-bond acceptors (Lipinski definition) is 7. The molecule has 0 unspecified atom stereocenters. The average Bonchev–Trinajstić information content (AvgIpc) is 2.75. The molecule has 4 rings (SSSR count). The van der Waals surface area contributed by atoms with E-state index in [-0.39, 0.29) is 17.4 Å². The molecule has 32 heavy (non-hydrogen) atoms. The molecule has 7 nitrogen and oxygen atoms in total. The maximum absolute atomic E-state index is 12.8. The van der Waals surface area contributed by atoms with Gasteiger partial charge in [-0.25, -0.2) is 4.98 Å². The number of anilines is 3. The molecule has 4 aromatic rings. The van der Waals surface area contributed by atoms with Crippen molar-refractivity contribution in [1.82, 2.24) is 15.0 Å². The Labute approximate surface area is 180 Å². The molecule has 2 aromatic heterocycles. The predicted octanol–water partition coefficient (Wildman–Crippen LogP) is 5.38. The fourth-order valence-electron chi connectivity index (χ4n) is 2.83. The first-order valence-corrected chi connectivity index (χ1v) is 9.28. The number of halogens is 3. The Morgan fingerprint density at radius 3 is 2.28 bits per heavy atom. The highest BCUT2D eigenvalue weighted by atomic mass is 19.4. The summed E-state index contributed by atoms with van der Waals surface area (Å²) in [5.74, 6) is 1.02. The van der Waals surface area contributed by atoms with Crippen LogP contribution in [-0.4, -0.2) is 20.1 Å². The minimum atomic E-state index is -4.55. The first kappa shape index (κ1) is 20.9. The van der Waals surface area contributed by atoms with Gasteiger partial charge in [0.15, 0.2) is 0 Å². The number of benzene rings is 2. The minimum Gasteiger partial charge on any atom is -0.508 e. The lowest BCUT2D eigenvalue weighted by molar-refractivity contribution is -0.141. The number of aromatic hydroxyl groups is 1. The number of alkyl halides is 3. The molecule has 0 atom stereocenters. The van der Waals surface area contributed by atoms with Crippen molar-refractivity contribution in [1.29, 1.82) is 0 Å². The Kier molecular flexibility index (Phi) is 5.50. The third-order valence-electron chi connectivity index (χ3n) is 4.29. The summed E-state index contributed by atoms with van der Waals surface area (Å²) in [5.41, 5.74) is 6.76. The van der Waals surface area contributed by atoms with Crippen LogP contribution in [0.2, 0.25) is 0 Å². The van der Waals surface area contributed by atoms with Gasteiger partial charge in [-0.2, -0.15) is 18.2 Å². The molecule has 0 aliphatic carbocycles. The summed E-state index contributed by atoms with van der Waals surface area (Å²) in [6, 6.07) is 16.9. The van der Waals surface area contributed by atoms with E-state index < -0.39 is 11.9 Å². The largest absolute Gasteiger partial charge is 0.508 e. The van der Waals surface area contributed by atoms with Gasteiger partial charge in [0, 0.05) is 29.6 Å². The summed E-state index contributed by atoms with van der Waals surface area (Å²) in [5, 5.41) is 12.5. The molecule has 2 heterocycles. The van der Waals surface area contributed by atoms with E-state index in [1.807, 2.05) is 0 Å². The van der Waals surface area contributed by atoms with E-state index in [9.17, 15) is 18.3 Å². The highest BCUT2D eigenvalue weighted by Gasteiger charge is 2.32. The molecule has 0 saturated carbocycles. The standard InChI is InChI=1S/C22H16F3N5O2/c23-22(24,25)19-11-17(9-10-27-19)32-16-7-3-14(4-8-16)28-20-12-18(29-21(26)30-20)13-1-5-15(31)6-2-13/h1-12,31H,(H3,26,28,29,30). The first-order chi connectivity index (χ1) is 15.3. The molecule has 0 fully saturated rings. The van der Waals surface area contributed by atoms with E-state index >= 15 is 0 Å². The molecule has 2 aromatic carbocycles. The van der Waals surface area contributed by atoms with Crippen molar-refractivity contribution in [2.24, 2.45) is 0 Å². The van der Waals surface area contributed by atoms with E-state index in [1.165, 1.54) is 6.07 Å². The van der Waals surface area contributed by atoms with Crippen molar-refractivity contribution in [3.63, 3.8) is 0 Å². The third-order valence-corrected chi connectivity index (χ3v) is 4.29. The zero-order chi connectivity index (χ0) is 22.7. The Morgan fingerprint density at radius 1 is 0.875 bits per heavy atom. The summed E-state index contributed by atoms with van der Waals surface area (Å²) < 4.78 is 43.9. The molecule has 10 heteroatoms. The van der Waals surface area contributed by atoms with E-state index in [2.05, 4.69) is 20.3 Å². The van der Waals surface area contributed by atoms with Gasteiger partial charge in [0.25, 0.3) is 0 Å². The number of ether oxygens (including phenoxy) is 1. The topological polar surface area (TPSA) is 106 Å². The second kappa shape index (κ2) is 8.42. The SMILES string of the molecule is Nc1nc(Nc2ccc(Oc3ccnc(C(F)(F)F)c3)cc2)cc(-c2ccc(O)cc2)n1. The average molecular weight is 439 g/mol. The van der Waals surface area contributed by atoms with Gasteiger partial charge in [0.2, 0.25) is 5.95 Å². The van der Waals surface area contributed by atoms with Gasteiger partial charge in [-0.15, -0.1) is 0 Å². The van der Waals surface area contributed by atoms with Gasteiger partial charge in [-0.1, -0.05) is 0 Å².